The van der Waals surface area contributed by atoms with Crippen molar-refractivity contribution in [3.63, 3.8) is 0 Å². The second-order valence-electron chi connectivity index (χ2n) is 8.06. The lowest BCUT2D eigenvalue weighted by atomic mass is 10.2. The molecule has 160 valence electrons. The molecule has 0 radical (unpaired) electrons. The van der Waals surface area contributed by atoms with E-state index in [1.54, 1.807) is 29.4 Å². The number of rotatable bonds is 4. The summed E-state index contributed by atoms with van der Waals surface area (Å²) < 4.78 is 5.42. The molecule has 10 nitrogen and oxygen atoms in total. The van der Waals surface area contributed by atoms with Crippen molar-refractivity contribution in [3.8, 4) is 0 Å². The average molecular weight is 414 g/mol. The summed E-state index contributed by atoms with van der Waals surface area (Å²) in [6.07, 6.45) is 2.95. The van der Waals surface area contributed by atoms with Gasteiger partial charge in [-0.3, -0.25) is 15.1 Å². The van der Waals surface area contributed by atoms with Crippen molar-refractivity contribution in [3.05, 3.63) is 46.3 Å². The van der Waals surface area contributed by atoms with E-state index in [0.29, 0.717) is 37.7 Å². The van der Waals surface area contributed by atoms with Crippen LogP contribution in [0, 0.1) is 17.0 Å². The highest BCUT2D eigenvalue weighted by atomic mass is 16.6. The number of carbonyl (C=O) groups is 1. The van der Waals surface area contributed by atoms with Crippen molar-refractivity contribution >= 4 is 29.1 Å². The first-order valence-corrected chi connectivity index (χ1v) is 9.70. The van der Waals surface area contributed by atoms with E-state index in [2.05, 4.69) is 15.3 Å². The van der Waals surface area contributed by atoms with Gasteiger partial charge in [0.05, 0.1) is 4.92 Å². The van der Waals surface area contributed by atoms with Crippen molar-refractivity contribution in [1.82, 2.24) is 14.9 Å². The summed E-state index contributed by atoms with van der Waals surface area (Å²) >= 11 is 0. The number of amides is 1. The quantitative estimate of drug-likeness (QED) is 0.597. The fourth-order valence-electron chi connectivity index (χ4n) is 3.04. The Balaban J connectivity index is 1.75. The summed E-state index contributed by atoms with van der Waals surface area (Å²) in [5, 5.41) is 14.5. The Kier molecular flexibility index (Phi) is 6.04. The molecule has 3 rings (SSSR count). The predicted molar refractivity (Wildman–Crippen MR) is 113 cm³/mol. The average Bonchev–Trinajstić information content (AvgIpc) is 2.68. The molecule has 2 aromatic heterocycles. The lowest BCUT2D eigenvalue weighted by Gasteiger charge is -2.36. The topological polar surface area (TPSA) is 114 Å². The number of nitro groups is 1. The zero-order valence-corrected chi connectivity index (χ0v) is 17.6. The summed E-state index contributed by atoms with van der Waals surface area (Å²) in [5.74, 6) is 0.778. The number of aryl methyl sites for hydroxylation is 1. The van der Waals surface area contributed by atoms with Crippen molar-refractivity contribution in [2.45, 2.75) is 33.3 Å². The van der Waals surface area contributed by atoms with Crippen LogP contribution in [0.2, 0.25) is 0 Å². The van der Waals surface area contributed by atoms with Gasteiger partial charge in [0, 0.05) is 50.3 Å². The van der Waals surface area contributed by atoms with Gasteiger partial charge in [-0.25, -0.2) is 9.78 Å². The molecule has 2 aromatic rings. The summed E-state index contributed by atoms with van der Waals surface area (Å²) in [5.41, 5.74) is 0.902. The third kappa shape index (κ3) is 5.13. The van der Waals surface area contributed by atoms with Gasteiger partial charge in [-0.05, 0) is 45.4 Å². The molecule has 3 heterocycles. The van der Waals surface area contributed by atoms with E-state index in [4.69, 9.17) is 4.74 Å². The van der Waals surface area contributed by atoms with E-state index in [1.165, 1.54) is 6.07 Å². The maximum atomic E-state index is 12.2. The second kappa shape index (κ2) is 8.52. The molecule has 0 saturated carbocycles. The Morgan fingerprint density at radius 3 is 2.50 bits per heavy atom. The maximum absolute atomic E-state index is 12.2. The van der Waals surface area contributed by atoms with Crippen LogP contribution in [0.5, 0.6) is 0 Å². The molecule has 0 aromatic carbocycles. The summed E-state index contributed by atoms with van der Waals surface area (Å²) in [4.78, 5) is 35.4. The molecule has 1 aliphatic heterocycles. The van der Waals surface area contributed by atoms with E-state index in [1.807, 2.05) is 32.6 Å². The molecule has 10 heteroatoms. The third-order valence-corrected chi connectivity index (χ3v) is 4.58. The monoisotopic (exact) mass is 414 g/mol. The largest absolute Gasteiger partial charge is 0.444 e. The SMILES string of the molecule is Cc1cnccc1Nc1nc(N2CCN(C(=O)OC(C)(C)C)CC2)ccc1[N+](=O)[O-]. The van der Waals surface area contributed by atoms with Gasteiger partial charge in [0.2, 0.25) is 5.82 Å². The first kappa shape index (κ1) is 21.3. The number of aromatic nitrogens is 2. The zero-order chi connectivity index (χ0) is 21.9. The van der Waals surface area contributed by atoms with E-state index in [-0.39, 0.29) is 17.6 Å². The molecule has 1 amide bonds. The van der Waals surface area contributed by atoms with Crippen molar-refractivity contribution in [1.29, 1.82) is 0 Å². The molecule has 1 fully saturated rings. The van der Waals surface area contributed by atoms with Crippen LogP contribution < -0.4 is 10.2 Å². The van der Waals surface area contributed by atoms with Gasteiger partial charge in [-0.15, -0.1) is 0 Å². The van der Waals surface area contributed by atoms with Crippen molar-refractivity contribution < 1.29 is 14.5 Å². The molecule has 1 saturated heterocycles. The number of hydrogen-bond donors (Lipinski definition) is 1. The Hall–Kier alpha value is -3.43. The number of anilines is 3. The van der Waals surface area contributed by atoms with Crippen LogP contribution in [0.4, 0.5) is 27.8 Å². The fourth-order valence-corrected chi connectivity index (χ4v) is 3.04. The Bertz CT molecular complexity index is 935. The van der Waals surface area contributed by atoms with Crippen molar-refractivity contribution in [2.75, 3.05) is 36.4 Å². The number of carbonyl (C=O) groups excluding carboxylic acids is 1. The smallest absolute Gasteiger partial charge is 0.410 e. The van der Waals surface area contributed by atoms with Crippen LogP contribution in [-0.2, 0) is 4.74 Å². The molecule has 0 unspecified atom stereocenters. The fraction of sp³-hybridized carbons (Fsp3) is 0.450. The highest BCUT2D eigenvalue weighted by Gasteiger charge is 2.27. The van der Waals surface area contributed by atoms with E-state index < -0.39 is 10.5 Å². The van der Waals surface area contributed by atoms with Gasteiger partial charge in [-0.2, -0.15) is 0 Å². The standard InChI is InChI=1S/C20H26N6O4/c1-14-13-21-8-7-15(14)22-18-16(26(28)29)5-6-17(23-18)24-9-11-25(12-10-24)19(27)30-20(2,3)4/h5-8,13H,9-12H2,1-4H3,(H,21,22,23). The van der Waals surface area contributed by atoms with Gasteiger partial charge in [0.15, 0.2) is 0 Å². The summed E-state index contributed by atoms with van der Waals surface area (Å²) in [6.45, 7) is 9.44. The van der Waals surface area contributed by atoms with Crippen LogP contribution >= 0.6 is 0 Å². The molecule has 0 atom stereocenters. The van der Waals surface area contributed by atoms with Crippen LogP contribution in [0.1, 0.15) is 26.3 Å². The third-order valence-electron chi connectivity index (χ3n) is 4.58. The number of piperazine rings is 1. The second-order valence-corrected chi connectivity index (χ2v) is 8.06. The highest BCUT2D eigenvalue weighted by Crippen LogP contribution is 2.30. The van der Waals surface area contributed by atoms with Gasteiger partial charge < -0.3 is 19.9 Å². The lowest BCUT2D eigenvalue weighted by molar-refractivity contribution is -0.384. The molecule has 0 spiro atoms. The van der Waals surface area contributed by atoms with E-state index in [0.717, 1.165) is 5.56 Å². The maximum Gasteiger partial charge on any atom is 0.410 e. The first-order chi connectivity index (χ1) is 14.1. The van der Waals surface area contributed by atoms with Crippen molar-refractivity contribution in [2.24, 2.45) is 0 Å². The molecule has 1 N–H and O–H groups in total. The number of ether oxygens (including phenoxy) is 1. The van der Waals surface area contributed by atoms with Crippen LogP contribution in [0.15, 0.2) is 30.6 Å². The molecular formula is C20H26N6O4. The van der Waals surface area contributed by atoms with E-state index >= 15 is 0 Å². The number of hydrogen-bond acceptors (Lipinski definition) is 8. The minimum absolute atomic E-state index is 0.109. The summed E-state index contributed by atoms with van der Waals surface area (Å²) in [6, 6.07) is 4.82. The lowest BCUT2D eigenvalue weighted by Crippen LogP contribution is -2.50. The van der Waals surface area contributed by atoms with Gasteiger partial charge in [-0.1, -0.05) is 0 Å². The number of nitrogens with zero attached hydrogens (tertiary/aromatic N) is 5. The number of nitrogens with one attached hydrogen (secondary N) is 1. The predicted octanol–water partition coefficient (Wildman–Crippen LogP) is 3.49. The molecule has 0 bridgehead atoms. The Morgan fingerprint density at radius 1 is 1.20 bits per heavy atom. The molecule has 0 aliphatic carbocycles. The first-order valence-electron chi connectivity index (χ1n) is 9.70. The van der Waals surface area contributed by atoms with Crippen LogP contribution in [0.3, 0.4) is 0 Å². The summed E-state index contributed by atoms with van der Waals surface area (Å²) in [7, 11) is 0. The van der Waals surface area contributed by atoms with Gasteiger partial charge in [0.1, 0.15) is 11.4 Å². The molecular weight excluding hydrogens is 388 g/mol. The Morgan fingerprint density at radius 2 is 1.90 bits per heavy atom. The van der Waals surface area contributed by atoms with Crippen LogP contribution in [-0.4, -0.2) is 57.7 Å². The molecule has 30 heavy (non-hydrogen) atoms. The van der Waals surface area contributed by atoms with Crippen LogP contribution in [0.25, 0.3) is 0 Å². The van der Waals surface area contributed by atoms with Gasteiger partial charge in [0.25, 0.3) is 0 Å². The molecule has 1 aliphatic rings. The highest BCUT2D eigenvalue weighted by molar-refractivity contribution is 5.70. The Labute approximate surface area is 175 Å². The van der Waals surface area contributed by atoms with E-state index in [9.17, 15) is 14.9 Å². The minimum Gasteiger partial charge on any atom is -0.444 e. The minimum atomic E-state index is -0.542. The normalized spacial score (nSPS) is 14.4. The zero-order valence-electron chi connectivity index (χ0n) is 17.6. The van der Waals surface area contributed by atoms with Gasteiger partial charge >= 0.3 is 11.8 Å². The number of pyridine rings is 2.